The molecular formula is C31H36N2O7S2. The lowest BCUT2D eigenvalue weighted by Gasteiger charge is -2.38. The number of nitrogens with one attached hydrogen (secondary N) is 1. The number of rotatable bonds is 14. The molecule has 11 heteroatoms. The predicted octanol–water partition coefficient (Wildman–Crippen LogP) is 5.56. The number of benzene rings is 2. The van der Waals surface area contributed by atoms with Gasteiger partial charge in [-0.15, -0.1) is 0 Å². The number of ether oxygens (including phenoxy) is 2. The molecule has 0 spiro atoms. The second-order valence-electron chi connectivity index (χ2n) is 10.9. The summed E-state index contributed by atoms with van der Waals surface area (Å²) in [5, 5.41) is 22.5. The summed E-state index contributed by atoms with van der Waals surface area (Å²) >= 11 is 6.71. The highest BCUT2D eigenvalue weighted by molar-refractivity contribution is 8.25. The van der Waals surface area contributed by atoms with E-state index in [-0.39, 0.29) is 38.0 Å². The second-order valence-corrected chi connectivity index (χ2v) is 13.1. The smallest absolute Gasteiger partial charge is 0.338 e. The summed E-state index contributed by atoms with van der Waals surface area (Å²) in [5.41, 5.74) is -1.41. The van der Waals surface area contributed by atoms with Gasteiger partial charge in [-0.3, -0.25) is 14.4 Å². The van der Waals surface area contributed by atoms with Crippen LogP contribution in [-0.2, 0) is 19.1 Å². The molecule has 0 aliphatic carbocycles. The van der Waals surface area contributed by atoms with Gasteiger partial charge in [-0.25, -0.2) is 4.79 Å². The maximum absolute atomic E-state index is 13.6. The lowest BCUT2D eigenvalue weighted by atomic mass is 9.70. The molecule has 2 atom stereocenters. The zero-order valence-corrected chi connectivity index (χ0v) is 26.0. The molecule has 0 radical (unpaired) electrons. The van der Waals surface area contributed by atoms with Gasteiger partial charge in [-0.1, -0.05) is 61.2 Å². The highest BCUT2D eigenvalue weighted by Gasteiger charge is 2.48. The highest BCUT2D eigenvalue weighted by Crippen LogP contribution is 2.45. The molecule has 2 rings (SSSR count). The highest BCUT2D eigenvalue weighted by atomic mass is 32.2. The number of amides is 1. The number of hydrogen-bond donors (Lipinski definition) is 2. The van der Waals surface area contributed by atoms with Crippen LogP contribution in [0, 0.1) is 22.2 Å². The number of thioether (sulfide) groups is 1. The zero-order valence-electron chi connectivity index (χ0n) is 24.4. The van der Waals surface area contributed by atoms with E-state index in [1.807, 2.05) is 30.3 Å². The van der Waals surface area contributed by atoms with Gasteiger partial charge in [0.25, 0.3) is 0 Å². The number of esters is 2. The van der Waals surface area contributed by atoms with E-state index in [9.17, 15) is 29.5 Å². The van der Waals surface area contributed by atoms with Crippen molar-refractivity contribution in [2.24, 2.45) is 10.8 Å². The van der Waals surface area contributed by atoms with Crippen LogP contribution in [0.1, 0.15) is 69.8 Å². The van der Waals surface area contributed by atoms with E-state index in [2.05, 4.69) is 11.4 Å². The first-order valence-corrected chi connectivity index (χ1v) is 14.6. The Labute approximate surface area is 256 Å². The Kier molecular flexibility index (Phi) is 12.3. The number of nitriles is 1. The van der Waals surface area contributed by atoms with Crippen molar-refractivity contribution in [3.8, 4) is 11.8 Å². The zero-order chi connectivity index (χ0) is 31.6. The van der Waals surface area contributed by atoms with E-state index in [0.29, 0.717) is 9.95 Å². The van der Waals surface area contributed by atoms with Crippen LogP contribution in [0.15, 0.2) is 54.6 Å². The molecule has 0 fully saturated rings. The fourth-order valence-electron chi connectivity index (χ4n) is 4.41. The van der Waals surface area contributed by atoms with Gasteiger partial charge in [0.2, 0.25) is 5.91 Å². The van der Waals surface area contributed by atoms with Gasteiger partial charge >= 0.3 is 17.9 Å². The minimum absolute atomic E-state index is 0.0153. The van der Waals surface area contributed by atoms with Crippen LogP contribution in [0.2, 0.25) is 0 Å². The number of carboxylic acids is 1. The first-order valence-electron chi connectivity index (χ1n) is 13.3. The third-order valence-electron chi connectivity index (χ3n) is 6.42. The quantitative estimate of drug-likeness (QED) is 0.120. The second kappa shape index (κ2) is 14.9. The van der Waals surface area contributed by atoms with Crippen LogP contribution >= 0.6 is 24.0 Å². The van der Waals surface area contributed by atoms with Crippen LogP contribution in [0.3, 0.4) is 0 Å². The van der Waals surface area contributed by atoms with Crippen LogP contribution in [0.5, 0.6) is 5.75 Å². The van der Waals surface area contributed by atoms with Gasteiger partial charge in [0, 0.05) is 6.42 Å². The van der Waals surface area contributed by atoms with Crippen molar-refractivity contribution in [2.75, 3.05) is 13.2 Å². The molecule has 2 unspecified atom stereocenters. The van der Waals surface area contributed by atoms with Crippen molar-refractivity contribution < 1.29 is 33.8 Å². The van der Waals surface area contributed by atoms with Crippen LogP contribution in [0.4, 0.5) is 0 Å². The van der Waals surface area contributed by atoms with E-state index < -0.39 is 39.4 Å². The summed E-state index contributed by atoms with van der Waals surface area (Å²) in [6.07, 6.45) is 0.124. The van der Waals surface area contributed by atoms with Gasteiger partial charge in [0.1, 0.15) is 12.4 Å². The number of thiocarbonyl (C=S) groups is 1. The molecule has 0 bridgehead atoms. The Balaban J connectivity index is 2.14. The van der Waals surface area contributed by atoms with Crippen molar-refractivity contribution in [3.05, 3.63) is 65.7 Å². The largest absolute Gasteiger partial charge is 0.481 e. The number of aliphatic carboxylic acids is 1. The number of carbonyl (C=O) groups is 4. The summed E-state index contributed by atoms with van der Waals surface area (Å²) in [7, 11) is 0. The summed E-state index contributed by atoms with van der Waals surface area (Å²) < 4.78 is 9.45. The normalized spacial score (nSPS) is 13.9. The first-order chi connectivity index (χ1) is 19.6. The molecule has 9 nitrogen and oxygen atoms in total. The van der Waals surface area contributed by atoms with Gasteiger partial charge in [-0.2, -0.15) is 5.26 Å². The van der Waals surface area contributed by atoms with E-state index in [4.69, 9.17) is 21.7 Å². The van der Waals surface area contributed by atoms with Crippen molar-refractivity contribution in [3.63, 3.8) is 0 Å². The molecule has 224 valence electrons. The van der Waals surface area contributed by atoms with Crippen molar-refractivity contribution in [1.29, 1.82) is 5.26 Å². The standard InChI is InChI=1S/C31H36N2O7S2/c1-6-24(34)40-23-14-12-21(13-15-23)25(35)39-17-16-33-27(36)31(5,42-26(41)22-10-8-7-9-11-22)19-30(4,28(37)38)18-29(2,3)20-32/h7-15H,6,16-19H2,1-5H3,(H,33,36)(H,37,38). The minimum Gasteiger partial charge on any atom is -0.481 e. The molecule has 0 saturated heterocycles. The number of nitrogens with zero attached hydrogens (tertiary/aromatic N) is 1. The third kappa shape index (κ3) is 9.96. The van der Waals surface area contributed by atoms with Gasteiger partial charge in [0.05, 0.1) is 38.0 Å². The monoisotopic (exact) mass is 612 g/mol. The maximum atomic E-state index is 13.6. The summed E-state index contributed by atoms with van der Waals surface area (Å²) in [5.74, 6) is -2.32. The SMILES string of the molecule is CCC(=O)Oc1ccc(C(=O)OCCNC(=O)C(C)(CC(C)(CC(C)(C)C#N)C(=O)O)SC(=S)c2ccccc2)cc1. The Morgan fingerprint density at radius 1 is 0.976 bits per heavy atom. The summed E-state index contributed by atoms with van der Waals surface area (Å²) in [4.78, 5) is 49.9. The average Bonchev–Trinajstić information content (AvgIpc) is 2.95. The van der Waals surface area contributed by atoms with E-state index in [1.54, 1.807) is 27.7 Å². The van der Waals surface area contributed by atoms with Crippen LogP contribution < -0.4 is 10.1 Å². The van der Waals surface area contributed by atoms with Gasteiger partial charge in [-0.05, 0) is 70.4 Å². The molecule has 0 saturated carbocycles. The Morgan fingerprint density at radius 3 is 2.14 bits per heavy atom. The summed E-state index contributed by atoms with van der Waals surface area (Å²) in [6, 6.07) is 17.1. The van der Waals surface area contributed by atoms with Crippen molar-refractivity contribution in [2.45, 2.75) is 58.6 Å². The molecule has 2 aromatic carbocycles. The topological polar surface area (TPSA) is 143 Å². The Morgan fingerprint density at radius 2 is 1.60 bits per heavy atom. The fraction of sp³-hybridized carbons (Fsp3) is 0.419. The molecule has 0 heterocycles. The molecular weight excluding hydrogens is 576 g/mol. The molecule has 2 aromatic rings. The molecule has 2 N–H and O–H groups in total. The third-order valence-corrected chi connectivity index (χ3v) is 8.10. The molecule has 42 heavy (non-hydrogen) atoms. The van der Waals surface area contributed by atoms with E-state index in [1.165, 1.54) is 31.2 Å². The van der Waals surface area contributed by atoms with E-state index >= 15 is 0 Å². The molecule has 0 aromatic heterocycles. The van der Waals surface area contributed by atoms with Crippen molar-refractivity contribution >= 4 is 52.0 Å². The van der Waals surface area contributed by atoms with Crippen LogP contribution in [0.25, 0.3) is 0 Å². The Hall–Kier alpha value is -3.75. The number of carboxylic acid groups (broad SMARTS) is 1. The molecule has 0 aliphatic heterocycles. The van der Waals surface area contributed by atoms with Gasteiger partial charge < -0.3 is 19.9 Å². The Bertz CT molecular complexity index is 1340. The fourth-order valence-corrected chi connectivity index (χ4v) is 6.32. The average molecular weight is 613 g/mol. The van der Waals surface area contributed by atoms with Gasteiger partial charge in [0.15, 0.2) is 0 Å². The van der Waals surface area contributed by atoms with Crippen molar-refractivity contribution in [1.82, 2.24) is 5.32 Å². The lowest BCUT2D eigenvalue weighted by Crippen LogP contribution is -2.49. The molecule has 1 amide bonds. The van der Waals surface area contributed by atoms with E-state index in [0.717, 1.165) is 17.3 Å². The predicted molar refractivity (Wildman–Crippen MR) is 164 cm³/mol. The maximum Gasteiger partial charge on any atom is 0.338 e. The molecule has 0 aliphatic rings. The lowest BCUT2D eigenvalue weighted by molar-refractivity contribution is -0.150. The summed E-state index contributed by atoms with van der Waals surface area (Å²) in [6.45, 7) is 7.98. The minimum atomic E-state index is -1.42. The first kappa shape index (κ1) is 34.5. The number of hydrogen-bond acceptors (Lipinski definition) is 9. The number of carbonyl (C=O) groups excluding carboxylic acids is 3. The van der Waals surface area contributed by atoms with Crippen LogP contribution in [-0.4, -0.2) is 51.0 Å².